The van der Waals surface area contributed by atoms with E-state index in [9.17, 15) is 0 Å². The van der Waals surface area contributed by atoms with E-state index >= 15 is 0 Å². The lowest BCUT2D eigenvalue weighted by Gasteiger charge is -2.37. The minimum absolute atomic E-state index is 0.114. The Labute approximate surface area is 116 Å². The predicted molar refractivity (Wildman–Crippen MR) is 75.6 cm³/mol. The highest BCUT2D eigenvalue weighted by Crippen LogP contribution is 2.42. The Morgan fingerprint density at radius 2 is 1.88 bits per heavy atom. The smallest absolute Gasteiger partial charge is 0.0947 e. The van der Waals surface area contributed by atoms with E-state index in [1.54, 1.807) is 0 Å². The van der Waals surface area contributed by atoms with Gasteiger partial charge in [0.15, 0.2) is 0 Å². The van der Waals surface area contributed by atoms with Gasteiger partial charge in [-0.05, 0) is 44.9 Å². The lowest BCUT2D eigenvalue weighted by molar-refractivity contribution is -0.0551. The summed E-state index contributed by atoms with van der Waals surface area (Å²) in [6.45, 7) is 6.32. The van der Waals surface area contributed by atoms with Crippen molar-refractivity contribution in [2.75, 3.05) is 0 Å². The molecule has 0 aromatic heterocycles. The molecular formula is C14H16BrClO. The molecule has 1 atom stereocenters. The van der Waals surface area contributed by atoms with Gasteiger partial charge in [-0.15, -0.1) is 0 Å². The van der Waals surface area contributed by atoms with Crippen molar-refractivity contribution in [3.63, 3.8) is 0 Å². The molecule has 2 rings (SSSR count). The molecule has 1 unspecified atom stereocenters. The van der Waals surface area contributed by atoms with Crippen LogP contribution in [-0.4, -0.2) is 5.60 Å². The molecule has 92 valence electrons. The van der Waals surface area contributed by atoms with E-state index in [1.165, 1.54) is 11.1 Å². The summed E-state index contributed by atoms with van der Waals surface area (Å²) in [5, 5.41) is 0.761. The number of halogens is 2. The van der Waals surface area contributed by atoms with E-state index in [2.05, 4.69) is 36.7 Å². The molecule has 0 fully saturated rings. The average Bonchev–Trinajstić information content (AvgIpc) is 2.26. The zero-order valence-electron chi connectivity index (χ0n) is 10.3. The SMILES string of the molecule is CC1=C(Br)C(C)(C)OC(c2ccc(Cl)cc2)C1. The molecule has 1 aromatic rings. The van der Waals surface area contributed by atoms with Crippen molar-refractivity contribution in [3.05, 3.63) is 44.9 Å². The van der Waals surface area contributed by atoms with Crippen molar-refractivity contribution in [1.29, 1.82) is 0 Å². The highest BCUT2D eigenvalue weighted by Gasteiger charge is 2.33. The van der Waals surface area contributed by atoms with Crippen LogP contribution in [0.25, 0.3) is 0 Å². The van der Waals surface area contributed by atoms with Crippen LogP contribution in [0.1, 0.15) is 38.9 Å². The van der Waals surface area contributed by atoms with Crippen molar-refractivity contribution in [2.45, 2.75) is 38.9 Å². The van der Waals surface area contributed by atoms with Crippen LogP contribution in [0, 0.1) is 0 Å². The lowest BCUT2D eigenvalue weighted by atomic mass is 9.93. The van der Waals surface area contributed by atoms with Gasteiger partial charge in [0.25, 0.3) is 0 Å². The molecule has 17 heavy (non-hydrogen) atoms. The summed E-state index contributed by atoms with van der Waals surface area (Å²) >= 11 is 9.52. The molecule has 0 saturated carbocycles. The van der Waals surface area contributed by atoms with Crippen molar-refractivity contribution in [2.24, 2.45) is 0 Å². The molecule has 0 radical (unpaired) electrons. The zero-order valence-corrected chi connectivity index (χ0v) is 12.6. The predicted octanol–water partition coefficient (Wildman–Crippen LogP) is 5.25. The fourth-order valence-corrected chi connectivity index (χ4v) is 2.58. The van der Waals surface area contributed by atoms with Crippen molar-refractivity contribution < 1.29 is 4.74 Å². The summed E-state index contributed by atoms with van der Waals surface area (Å²) in [5.74, 6) is 0. The van der Waals surface area contributed by atoms with Crippen LogP contribution in [0.4, 0.5) is 0 Å². The third kappa shape index (κ3) is 2.75. The highest BCUT2D eigenvalue weighted by atomic mass is 79.9. The number of benzene rings is 1. The first kappa shape index (κ1) is 13.1. The standard InChI is InChI=1S/C14H16BrClO/c1-9-8-12(17-14(2,3)13(9)15)10-4-6-11(16)7-5-10/h4-7,12H,8H2,1-3H3. The maximum absolute atomic E-state index is 6.13. The van der Waals surface area contributed by atoms with Gasteiger partial charge < -0.3 is 4.74 Å². The number of ether oxygens (including phenoxy) is 1. The zero-order chi connectivity index (χ0) is 12.6. The van der Waals surface area contributed by atoms with Gasteiger partial charge in [-0.25, -0.2) is 0 Å². The van der Waals surface area contributed by atoms with Gasteiger partial charge in [0.05, 0.1) is 11.7 Å². The monoisotopic (exact) mass is 314 g/mol. The minimum atomic E-state index is -0.257. The third-order valence-electron chi connectivity index (χ3n) is 3.07. The van der Waals surface area contributed by atoms with Crippen LogP contribution in [0.3, 0.4) is 0 Å². The van der Waals surface area contributed by atoms with E-state index in [1.807, 2.05) is 24.3 Å². The Morgan fingerprint density at radius 1 is 1.29 bits per heavy atom. The fourth-order valence-electron chi connectivity index (χ4n) is 2.19. The summed E-state index contributed by atoms with van der Waals surface area (Å²) in [6.07, 6.45) is 1.04. The summed E-state index contributed by atoms with van der Waals surface area (Å²) in [6, 6.07) is 7.90. The van der Waals surface area contributed by atoms with Crippen molar-refractivity contribution in [3.8, 4) is 0 Å². The molecule has 1 aliphatic heterocycles. The second-order valence-electron chi connectivity index (χ2n) is 4.97. The van der Waals surface area contributed by atoms with Gasteiger partial charge in [0.1, 0.15) is 0 Å². The number of rotatable bonds is 1. The Morgan fingerprint density at radius 3 is 2.41 bits per heavy atom. The first-order chi connectivity index (χ1) is 7.90. The van der Waals surface area contributed by atoms with Crippen LogP contribution >= 0.6 is 27.5 Å². The number of hydrogen-bond acceptors (Lipinski definition) is 1. The largest absolute Gasteiger partial charge is 0.362 e. The van der Waals surface area contributed by atoms with Crippen LogP contribution in [-0.2, 0) is 4.74 Å². The maximum atomic E-state index is 6.13. The van der Waals surface area contributed by atoms with Crippen LogP contribution < -0.4 is 0 Å². The molecule has 1 aliphatic rings. The molecule has 1 nitrogen and oxygen atoms in total. The molecule has 3 heteroatoms. The molecule has 0 amide bonds. The maximum Gasteiger partial charge on any atom is 0.0947 e. The average molecular weight is 316 g/mol. The van der Waals surface area contributed by atoms with Gasteiger partial charge >= 0.3 is 0 Å². The van der Waals surface area contributed by atoms with E-state index in [4.69, 9.17) is 16.3 Å². The quantitative estimate of drug-likeness (QED) is 0.688. The first-order valence-corrected chi connectivity index (χ1v) is 6.86. The van der Waals surface area contributed by atoms with Crippen LogP contribution in [0.5, 0.6) is 0 Å². The summed E-state index contributed by atoms with van der Waals surface area (Å²) in [4.78, 5) is 0. The van der Waals surface area contributed by atoms with Gasteiger partial charge in [0, 0.05) is 9.51 Å². The first-order valence-electron chi connectivity index (χ1n) is 5.69. The van der Waals surface area contributed by atoms with E-state index in [-0.39, 0.29) is 11.7 Å². The Balaban J connectivity index is 2.29. The fraction of sp³-hybridized carbons (Fsp3) is 0.429. The Kier molecular flexibility index (Phi) is 3.67. The Hall–Kier alpha value is -0.310. The third-order valence-corrected chi connectivity index (χ3v) is 4.96. The second kappa shape index (κ2) is 4.75. The minimum Gasteiger partial charge on any atom is -0.362 e. The van der Waals surface area contributed by atoms with Crippen molar-refractivity contribution >= 4 is 27.5 Å². The van der Waals surface area contributed by atoms with E-state index in [0.717, 1.165) is 15.9 Å². The normalized spacial score (nSPS) is 23.9. The second-order valence-corrected chi connectivity index (χ2v) is 6.20. The van der Waals surface area contributed by atoms with Gasteiger partial charge in [-0.1, -0.05) is 45.2 Å². The lowest BCUT2D eigenvalue weighted by Crippen LogP contribution is -2.32. The molecule has 0 bridgehead atoms. The molecule has 0 saturated heterocycles. The molecule has 0 aliphatic carbocycles. The molecule has 1 heterocycles. The molecule has 0 N–H and O–H groups in total. The summed E-state index contributed by atoms with van der Waals surface area (Å²) < 4.78 is 7.30. The van der Waals surface area contributed by atoms with E-state index < -0.39 is 0 Å². The van der Waals surface area contributed by atoms with Crippen LogP contribution in [0.15, 0.2) is 34.3 Å². The topological polar surface area (TPSA) is 9.23 Å². The van der Waals surface area contributed by atoms with E-state index in [0.29, 0.717) is 0 Å². The summed E-state index contributed by atoms with van der Waals surface area (Å²) in [5.41, 5.74) is 2.27. The molecular weight excluding hydrogens is 300 g/mol. The van der Waals surface area contributed by atoms with Gasteiger partial charge in [0.2, 0.25) is 0 Å². The Bertz CT molecular complexity index is 448. The molecule has 0 spiro atoms. The summed E-state index contributed by atoms with van der Waals surface area (Å²) in [7, 11) is 0. The van der Waals surface area contributed by atoms with Crippen LogP contribution in [0.2, 0.25) is 5.02 Å². The highest BCUT2D eigenvalue weighted by molar-refractivity contribution is 9.11. The van der Waals surface area contributed by atoms with Crippen molar-refractivity contribution in [1.82, 2.24) is 0 Å². The number of hydrogen-bond donors (Lipinski definition) is 0. The van der Waals surface area contributed by atoms with Gasteiger partial charge in [-0.2, -0.15) is 0 Å². The van der Waals surface area contributed by atoms with Gasteiger partial charge in [-0.3, -0.25) is 0 Å². The molecule has 1 aromatic carbocycles.